The van der Waals surface area contributed by atoms with Crippen LogP contribution >= 0.6 is 0 Å². The maximum Gasteiger partial charge on any atom is 0.324 e. The highest BCUT2D eigenvalue weighted by Gasteiger charge is 2.21. The Labute approximate surface area is 130 Å². The number of ether oxygens (including phenoxy) is 1. The van der Waals surface area contributed by atoms with Gasteiger partial charge in [-0.25, -0.2) is 4.79 Å². The van der Waals surface area contributed by atoms with Crippen molar-refractivity contribution in [3.8, 4) is 0 Å². The molecule has 0 bridgehead atoms. The van der Waals surface area contributed by atoms with Crippen LogP contribution in [0.25, 0.3) is 0 Å². The minimum absolute atomic E-state index is 0.0774. The summed E-state index contributed by atoms with van der Waals surface area (Å²) in [6.45, 7) is 1.85. The predicted octanol–water partition coefficient (Wildman–Crippen LogP) is 1.25. The van der Waals surface area contributed by atoms with Gasteiger partial charge in [-0.3, -0.25) is 10.1 Å². The lowest BCUT2D eigenvalue weighted by Crippen LogP contribution is -2.51. The predicted molar refractivity (Wildman–Crippen MR) is 83.0 cm³/mol. The van der Waals surface area contributed by atoms with Crippen molar-refractivity contribution in [1.29, 1.82) is 0 Å². The van der Waals surface area contributed by atoms with E-state index in [0.717, 1.165) is 24.8 Å². The molecular formula is C16H23N3O3. The van der Waals surface area contributed by atoms with Crippen molar-refractivity contribution in [2.45, 2.75) is 31.9 Å². The lowest BCUT2D eigenvalue weighted by molar-refractivity contribution is -0.122. The summed E-state index contributed by atoms with van der Waals surface area (Å²) in [5, 5.41) is 2.34. The highest BCUT2D eigenvalue weighted by Crippen LogP contribution is 2.08. The standard InChI is InChI=1S/C16H23N3O3/c17-14(12-22-11-13-7-3-1-4-8-13)15(20)18-16(21)19-9-5-2-6-10-19/h1,3-4,7-8,14H,2,5-6,9-12,17H2,(H,18,20,21)/t14-/m0/s1. The topological polar surface area (TPSA) is 84.7 Å². The van der Waals surface area contributed by atoms with Gasteiger partial charge in [-0.2, -0.15) is 0 Å². The van der Waals surface area contributed by atoms with E-state index in [-0.39, 0.29) is 12.6 Å². The van der Waals surface area contributed by atoms with E-state index < -0.39 is 11.9 Å². The number of hydrogen-bond donors (Lipinski definition) is 2. The molecule has 0 spiro atoms. The van der Waals surface area contributed by atoms with E-state index in [4.69, 9.17) is 10.5 Å². The van der Waals surface area contributed by atoms with E-state index >= 15 is 0 Å². The zero-order valence-electron chi connectivity index (χ0n) is 12.7. The normalized spacial score (nSPS) is 16.1. The third-order valence-electron chi connectivity index (χ3n) is 3.62. The number of carbonyl (C=O) groups is 2. The molecule has 22 heavy (non-hydrogen) atoms. The van der Waals surface area contributed by atoms with Crippen LogP contribution in [-0.4, -0.2) is 42.6 Å². The van der Waals surface area contributed by atoms with Gasteiger partial charge in [0.25, 0.3) is 0 Å². The average Bonchev–Trinajstić information content (AvgIpc) is 2.56. The smallest absolute Gasteiger partial charge is 0.324 e. The fourth-order valence-electron chi connectivity index (χ4n) is 2.33. The van der Waals surface area contributed by atoms with Gasteiger partial charge in [0.1, 0.15) is 6.04 Å². The molecular weight excluding hydrogens is 282 g/mol. The molecule has 1 saturated heterocycles. The molecule has 0 unspecified atom stereocenters. The monoisotopic (exact) mass is 305 g/mol. The van der Waals surface area contributed by atoms with Gasteiger partial charge < -0.3 is 15.4 Å². The van der Waals surface area contributed by atoms with Crippen molar-refractivity contribution in [2.75, 3.05) is 19.7 Å². The van der Waals surface area contributed by atoms with Gasteiger partial charge >= 0.3 is 6.03 Å². The summed E-state index contributed by atoms with van der Waals surface area (Å²) < 4.78 is 5.42. The molecule has 1 atom stereocenters. The second-order valence-electron chi connectivity index (χ2n) is 5.45. The fourth-order valence-corrected chi connectivity index (χ4v) is 2.33. The molecule has 3 N–H and O–H groups in total. The second-order valence-corrected chi connectivity index (χ2v) is 5.45. The molecule has 2 rings (SSSR count). The van der Waals surface area contributed by atoms with Crippen LogP contribution in [0, 0.1) is 0 Å². The molecule has 0 aliphatic carbocycles. The van der Waals surface area contributed by atoms with Crippen molar-refractivity contribution in [3.05, 3.63) is 35.9 Å². The number of amides is 3. The quantitative estimate of drug-likeness (QED) is 0.857. The first-order chi connectivity index (χ1) is 10.7. The Bertz CT molecular complexity index is 487. The second kappa shape index (κ2) is 8.51. The molecule has 1 aliphatic heterocycles. The minimum atomic E-state index is -0.850. The molecule has 1 fully saturated rings. The molecule has 1 aromatic rings. The first-order valence-electron chi connectivity index (χ1n) is 7.64. The number of nitrogens with two attached hydrogens (primary N) is 1. The molecule has 120 valence electrons. The number of nitrogens with one attached hydrogen (secondary N) is 1. The van der Waals surface area contributed by atoms with Gasteiger partial charge in [0.2, 0.25) is 5.91 Å². The van der Waals surface area contributed by atoms with E-state index in [1.54, 1.807) is 4.90 Å². The summed E-state index contributed by atoms with van der Waals surface area (Å²) in [7, 11) is 0. The van der Waals surface area contributed by atoms with Crippen LogP contribution in [0.1, 0.15) is 24.8 Å². The number of rotatable bonds is 5. The highest BCUT2D eigenvalue weighted by molar-refractivity contribution is 5.97. The summed E-state index contributed by atoms with van der Waals surface area (Å²) in [6.07, 6.45) is 3.09. The van der Waals surface area contributed by atoms with Crippen LogP contribution in [-0.2, 0) is 16.1 Å². The lowest BCUT2D eigenvalue weighted by Gasteiger charge is -2.26. The third-order valence-corrected chi connectivity index (χ3v) is 3.62. The summed E-state index contributed by atoms with van der Waals surface area (Å²) in [6, 6.07) is 8.43. The van der Waals surface area contributed by atoms with Gasteiger partial charge in [0, 0.05) is 13.1 Å². The number of likely N-dealkylation sites (tertiary alicyclic amines) is 1. The Balaban J connectivity index is 1.69. The fraction of sp³-hybridized carbons (Fsp3) is 0.500. The SMILES string of the molecule is N[C@@H](COCc1ccccc1)C(=O)NC(=O)N1CCCCC1. The molecule has 1 aromatic carbocycles. The highest BCUT2D eigenvalue weighted by atomic mass is 16.5. The number of piperidine rings is 1. The largest absolute Gasteiger partial charge is 0.375 e. The Morgan fingerprint density at radius 2 is 1.86 bits per heavy atom. The van der Waals surface area contributed by atoms with Gasteiger partial charge in [0.15, 0.2) is 0 Å². The summed E-state index contributed by atoms with van der Waals surface area (Å²) >= 11 is 0. The van der Waals surface area contributed by atoms with Crippen LogP contribution in [0.15, 0.2) is 30.3 Å². The van der Waals surface area contributed by atoms with Crippen molar-refractivity contribution in [1.82, 2.24) is 10.2 Å². The molecule has 0 aromatic heterocycles. The number of nitrogens with zero attached hydrogens (tertiary/aromatic N) is 1. The van der Waals surface area contributed by atoms with Crippen LogP contribution in [0.2, 0.25) is 0 Å². The Morgan fingerprint density at radius 1 is 1.18 bits per heavy atom. The zero-order valence-corrected chi connectivity index (χ0v) is 12.7. The van der Waals surface area contributed by atoms with Crippen LogP contribution in [0.4, 0.5) is 4.79 Å². The third kappa shape index (κ3) is 5.13. The number of benzene rings is 1. The number of urea groups is 1. The molecule has 1 aliphatic rings. The maximum absolute atomic E-state index is 11.9. The number of hydrogen-bond acceptors (Lipinski definition) is 4. The van der Waals surface area contributed by atoms with E-state index in [1.165, 1.54) is 0 Å². The Hall–Kier alpha value is -1.92. The van der Waals surface area contributed by atoms with Crippen LogP contribution < -0.4 is 11.1 Å². The van der Waals surface area contributed by atoms with Crippen LogP contribution in [0.3, 0.4) is 0 Å². The first kappa shape index (κ1) is 16.5. The molecule has 1 heterocycles. The van der Waals surface area contributed by atoms with E-state index in [2.05, 4.69) is 5.32 Å². The minimum Gasteiger partial charge on any atom is -0.375 e. The molecule has 6 nitrogen and oxygen atoms in total. The van der Waals surface area contributed by atoms with E-state index in [9.17, 15) is 9.59 Å². The molecule has 3 amide bonds. The lowest BCUT2D eigenvalue weighted by atomic mass is 10.1. The summed E-state index contributed by atoms with van der Waals surface area (Å²) in [4.78, 5) is 25.4. The van der Waals surface area contributed by atoms with E-state index in [0.29, 0.717) is 19.7 Å². The summed E-state index contributed by atoms with van der Waals surface area (Å²) in [5.41, 5.74) is 6.76. The van der Waals surface area contributed by atoms with Crippen molar-refractivity contribution in [2.24, 2.45) is 5.73 Å². The van der Waals surface area contributed by atoms with Gasteiger partial charge in [-0.15, -0.1) is 0 Å². The maximum atomic E-state index is 11.9. The van der Waals surface area contributed by atoms with Crippen molar-refractivity contribution < 1.29 is 14.3 Å². The van der Waals surface area contributed by atoms with Crippen molar-refractivity contribution >= 4 is 11.9 Å². The van der Waals surface area contributed by atoms with Crippen LogP contribution in [0.5, 0.6) is 0 Å². The van der Waals surface area contributed by atoms with E-state index in [1.807, 2.05) is 30.3 Å². The Kier molecular flexibility index (Phi) is 6.36. The molecule has 0 radical (unpaired) electrons. The molecule has 0 saturated carbocycles. The number of carbonyl (C=O) groups excluding carboxylic acids is 2. The molecule has 6 heteroatoms. The van der Waals surface area contributed by atoms with Gasteiger partial charge in [0.05, 0.1) is 13.2 Å². The average molecular weight is 305 g/mol. The zero-order chi connectivity index (χ0) is 15.8. The summed E-state index contributed by atoms with van der Waals surface area (Å²) in [5.74, 6) is -0.497. The first-order valence-corrected chi connectivity index (χ1v) is 7.64. The van der Waals surface area contributed by atoms with Gasteiger partial charge in [-0.1, -0.05) is 30.3 Å². The van der Waals surface area contributed by atoms with Crippen molar-refractivity contribution in [3.63, 3.8) is 0 Å². The number of imide groups is 1. The Morgan fingerprint density at radius 3 is 2.55 bits per heavy atom. The van der Waals surface area contributed by atoms with Gasteiger partial charge in [-0.05, 0) is 24.8 Å².